The summed E-state index contributed by atoms with van der Waals surface area (Å²) in [7, 11) is 0. The minimum atomic E-state index is -1.46. The number of benzodiazepines with no additional fused rings is 1. The van der Waals surface area contributed by atoms with E-state index in [1.165, 1.54) is 23.1 Å². The Balaban J connectivity index is 1.76. The molecule has 1 heterocycles. The van der Waals surface area contributed by atoms with Crippen LogP contribution in [0, 0.1) is 5.82 Å². The fourth-order valence-electron chi connectivity index (χ4n) is 3.71. The van der Waals surface area contributed by atoms with Gasteiger partial charge in [-0.1, -0.05) is 41.9 Å². The number of para-hydroxylation sites is 1. The third-order valence-corrected chi connectivity index (χ3v) is 5.55. The molecule has 0 unspecified atom stereocenters. The second kappa shape index (κ2) is 11.0. The molecule has 0 saturated heterocycles. The van der Waals surface area contributed by atoms with E-state index in [0.717, 1.165) is 0 Å². The summed E-state index contributed by atoms with van der Waals surface area (Å²) in [6.07, 6.45) is -1.46. The summed E-state index contributed by atoms with van der Waals surface area (Å²) in [4.78, 5) is 44.4. The maximum atomic E-state index is 14.9. The van der Waals surface area contributed by atoms with Crippen molar-refractivity contribution in [2.24, 2.45) is 4.99 Å². The number of carbonyl (C=O) groups excluding carboxylic acids is 3. The first kappa shape index (κ1) is 24.9. The highest BCUT2D eigenvalue weighted by atomic mass is 35.5. The molecule has 0 radical (unpaired) electrons. The lowest BCUT2D eigenvalue weighted by Gasteiger charge is -2.24. The predicted octanol–water partition coefficient (Wildman–Crippen LogP) is 4.37. The van der Waals surface area contributed by atoms with Crippen LogP contribution in [0.1, 0.15) is 18.1 Å². The number of urea groups is 1. The van der Waals surface area contributed by atoms with Gasteiger partial charge in [-0.2, -0.15) is 0 Å². The Bertz CT molecular complexity index is 1330. The van der Waals surface area contributed by atoms with Gasteiger partial charge in [0.05, 0.1) is 18.0 Å². The zero-order chi connectivity index (χ0) is 25.7. The smallest absolute Gasteiger partial charge is 0.326 e. The summed E-state index contributed by atoms with van der Waals surface area (Å²) >= 11 is 5.89. The van der Waals surface area contributed by atoms with Gasteiger partial charge in [0.1, 0.15) is 12.4 Å². The zero-order valence-corrected chi connectivity index (χ0v) is 20.0. The number of benzene rings is 3. The van der Waals surface area contributed by atoms with Crippen LogP contribution in [0.2, 0.25) is 5.02 Å². The molecular formula is C26H22ClFN4O4. The van der Waals surface area contributed by atoms with E-state index in [1.807, 2.05) is 0 Å². The van der Waals surface area contributed by atoms with E-state index in [9.17, 15) is 18.8 Å². The number of anilines is 2. The highest BCUT2D eigenvalue weighted by Crippen LogP contribution is 2.29. The molecule has 0 spiro atoms. The van der Waals surface area contributed by atoms with Gasteiger partial charge in [-0.15, -0.1) is 0 Å². The van der Waals surface area contributed by atoms with Gasteiger partial charge in [0.2, 0.25) is 6.17 Å². The molecule has 1 atom stereocenters. The fraction of sp³-hybridized carbons (Fsp3) is 0.154. The Labute approximate surface area is 211 Å². The minimum Gasteiger partial charge on any atom is -0.465 e. The lowest BCUT2D eigenvalue weighted by atomic mass is 10.00. The van der Waals surface area contributed by atoms with Gasteiger partial charge in [-0.05, 0) is 49.4 Å². The van der Waals surface area contributed by atoms with Crippen molar-refractivity contribution >= 4 is 46.6 Å². The highest BCUT2D eigenvalue weighted by Gasteiger charge is 2.35. The van der Waals surface area contributed by atoms with E-state index in [-0.39, 0.29) is 17.9 Å². The standard InChI is InChI=1S/C26H22ClFN4O4/c1-2-36-22(33)15-32-21-10-6-4-8-19(21)23(18-7-3-5-9-20(18)28)30-24(25(32)34)31-26(35)29-17-13-11-16(27)12-14-17/h3-14,24H,2,15H2,1H3,(H2,29,31,35)/t24-/m1/s1. The van der Waals surface area contributed by atoms with Crippen molar-refractivity contribution in [2.45, 2.75) is 13.1 Å². The molecule has 36 heavy (non-hydrogen) atoms. The maximum Gasteiger partial charge on any atom is 0.326 e. The average Bonchev–Trinajstić information content (AvgIpc) is 2.97. The van der Waals surface area contributed by atoms with Gasteiger partial charge in [0.25, 0.3) is 5.91 Å². The first-order valence-electron chi connectivity index (χ1n) is 11.1. The van der Waals surface area contributed by atoms with Gasteiger partial charge in [-0.3, -0.25) is 14.5 Å². The van der Waals surface area contributed by atoms with Crippen LogP contribution in [0.3, 0.4) is 0 Å². The van der Waals surface area contributed by atoms with Crippen LogP contribution in [0.25, 0.3) is 0 Å². The van der Waals surface area contributed by atoms with E-state index < -0.39 is 36.4 Å². The third kappa shape index (κ3) is 5.52. The van der Waals surface area contributed by atoms with Gasteiger partial charge in [0.15, 0.2) is 0 Å². The summed E-state index contributed by atoms with van der Waals surface area (Å²) in [6.45, 7) is 1.37. The molecule has 8 nitrogen and oxygen atoms in total. The molecule has 0 bridgehead atoms. The van der Waals surface area contributed by atoms with Crippen LogP contribution in [0.5, 0.6) is 0 Å². The molecule has 1 aliphatic rings. The minimum absolute atomic E-state index is 0.130. The summed E-state index contributed by atoms with van der Waals surface area (Å²) in [5.41, 5.74) is 1.48. The molecule has 4 rings (SSSR count). The number of hydrogen-bond donors (Lipinski definition) is 2. The molecule has 3 aromatic carbocycles. The number of aliphatic imine (C=N–C) groups is 1. The Morgan fingerprint density at radius 3 is 2.39 bits per heavy atom. The number of amides is 3. The monoisotopic (exact) mass is 508 g/mol. The lowest BCUT2D eigenvalue weighted by Crippen LogP contribution is -2.50. The number of carbonyl (C=O) groups is 3. The SMILES string of the molecule is CCOC(=O)CN1C(=O)[C@@H](NC(=O)Nc2ccc(Cl)cc2)N=C(c2ccccc2F)c2ccccc21. The fourth-order valence-corrected chi connectivity index (χ4v) is 3.84. The van der Waals surface area contributed by atoms with Crippen molar-refractivity contribution in [3.63, 3.8) is 0 Å². The quantitative estimate of drug-likeness (QED) is 0.483. The average molecular weight is 509 g/mol. The Morgan fingerprint density at radius 1 is 1.03 bits per heavy atom. The molecule has 1 aliphatic heterocycles. The van der Waals surface area contributed by atoms with Crippen molar-refractivity contribution in [3.05, 3.63) is 94.8 Å². The first-order chi connectivity index (χ1) is 17.4. The van der Waals surface area contributed by atoms with Gasteiger partial charge >= 0.3 is 12.0 Å². The number of fused-ring (bicyclic) bond motifs is 1. The Morgan fingerprint density at radius 2 is 1.69 bits per heavy atom. The number of nitrogens with zero attached hydrogens (tertiary/aromatic N) is 2. The number of esters is 1. The summed E-state index contributed by atoms with van der Waals surface area (Å²) < 4.78 is 19.9. The van der Waals surface area contributed by atoms with E-state index in [1.54, 1.807) is 61.5 Å². The third-order valence-electron chi connectivity index (χ3n) is 5.30. The van der Waals surface area contributed by atoms with Gasteiger partial charge in [0, 0.05) is 21.8 Å². The summed E-state index contributed by atoms with van der Waals surface area (Å²) in [5.74, 6) is -1.88. The topological polar surface area (TPSA) is 100 Å². The number of ether oxygens (including phenoxy) is 1. The second-order valence-electron chi connectivity index (χ2n) is 7.71. The van der Waals surface area contributed by atoms with E-state index in [0.29, 0.717) is 22.0 Å². The Kier molecular flexibility index (Phi) is 7.60. The lowest BCUT2D eigenvalue weighted by molar-refractivity contribution is -0.142. The molecule has 10 heteroatoms. The van der Waals surface area contributed by atoms with Crippen molar-refractivity contribution in [1.29, 1.82) is 0 Å². The molecule has 3 amide bonds. The number of hydrogen-bond acceptors (Lipinski definition) is 5. The maximum absolute atomic E-state index is 14.9. The van der Waals surface area contributed by atoms with Crippen LogP contribution < -0.4 is 15.5 Å². The first-order valence-corrected chi connectivity index (χ1v) is 11.5. The van der Waals surface area contributed by atoms with E-state index in [4.69, 9.17) is 16.3 Å². The van der Waals surface area contributed by atoms with Crippen LogP contribution in [0.15, 0.2) is 77.8 Å². The van der Waals surface area contributed by atoms with Crippen molar-refractivity contribution < 1.29 is 23.5 Å². The summed E-state index contributed by atoms with van der Waals surface area (Å²) in [5, 5.41) is 5.62. The Hall–Kier alpha value is -4.24. The molecule has 0 aliphatic carbocycles. The molecule has 0 aromatic heterocycles. The normalized spacial score (nSPS) is 14.9. The van der Waals surface area contributed by atoms with Gasteiger partial charge < -0.3 is 15.4 Å². The molecule has 0 saturated carbocycles. The predicted molar refractivity (Wildman–Crippen MR) is 135 cm³/mol. The number of halogens is 2. The molecule has 184 valence electrons. The van der Waals surface area contributed by atoms with E-state index >= 15 is 0 Å². The van der Waals surface area contributed by atoms with Crippen LogP contribution >= 0.6 is 11.6 Å². The number of rotatable bonds is 6. The van der Waals surface area contributed by atoms with Crippen LogP contribution in [0.4, 0.5) is 20.6 Å². The molecule has 0 fully saturated rings. The largest absolute Gasteiger partial charge is 0.465 e. The molecular weight excluding hydrogens is 487 g/mol. The van der Waals surface area contributed by atoms with Crippen molar-refractivity contribution in [3.8, 4) is 0 Å². The van der Waals surface area contributed by atoms with Gasteiger partial charge in [-0.25, -0.2) is 14.2 Å². The zero-order valence-electron chi connectivity index (χ0n) is 19.2. The van der Waals surface area contributed by atoms with Crippen LogP contribution in [-0.2, 0) is 14.3 Å². The van der Waals surface area contributed by atoms with Crippen LogP contribution in [-0.4, -0.2) is 42.9 Å². The van der Waals surface area contributed by atoms with E-state index in [2.05, 4.69) is 15.6 Å². The summed E-state index contributed by atoms with van der Waals surface area (Å²) in [6, 6.07) is 18.3. The van der Waals surface area contributed by atoms with Crippen molar-refractivity contribution in [1.82, 2.24) is 5.32 Å². The highest BCUT2D eigenvalue weighted by molar-refractivity contribution is 6.30. The number of nitrogens with one attached hydrogen (secondary N) is 2. The van der Waals surface area contributed by atoms with Crippen molar-refractivity contribution in [2.75, 3.05) is 23.4 Å². The molecule has 2 N–H and O–H groups in total. The molecule has 3 aromatic rings. The second-order valence-corrected chi connectivity index (χ2v) is 8.15.